The maximum atomic E-state index is 11.9. The van der Waals surface area contributed by atoms with Crippen molar-refractivity contribution in [1.29, 1.82) is 0 Å². The molecule has 0 spiro atoms. The molecule has 0 unspecified atom stereocenters. The molecule has 0 heterocycles. The number of hydrogen-bond donors (Lipinski definition) is 0. The highest BCUT2D eigenvalue weighted by molar-refractivity contribution is 14.1. The summed E-state index contributed by atoms with van der Waals surface area (Å²) < 4.78 is 18.9. The van der Waals surface area contributed by atoms with E-state index in [2.05, 4.69) is 90.3 Å². The lowest BCUT2D eigenvalue weighted by atomic mass is 10.2. The molecule has 0 fully saturated rings. The largest absolute Gasteiger partial charge is 0.463 e. The molecule has 0 rings (SSSR count). The molecule has 0 aromatic carbocycles. The van der Waals surface area contributed by atoms with Crippen molar-refractivity contribution in [2.75, 3.05) is 13.2 Å². The fraction of sp³-hybridized carbons (Fsp3) is 0.850. The predicted molar refractivity (Wildman–Crippen MR) is 129 cm³/mol. The van der Waals surface area contributed by atoms with Crippen LogP contribution in [0.25, 0.3) is 0 Å². The van der Waals surface area contributed by atoms with Crippen molar-refractivity contribution in [3.63, 3.8) is 0 Å². The highest BCUT2D eigenvalue weighted by atomic mass is 127. The number of esters is 1. The maximum Gasteiger partial charge on any atom is 0.331 e. The summed E-state index contributed by atoms with van der Waals surface area (Å²) in [4.78, 5) is 11.9. The summed E-state index contributed by atoms with van der Waals surface area (Å²) in [6, 6.07) is 0. The standard InChI is InChI=1S/C20H41IO4Si2/c1-12-23-18(22)15-16(21)17(25-27(10,11)20(5,6)7)13-14-24-26(8,9)19(2,3)4/h15,17H,12-14H2,1-11H3/b16-15-/t17-/m1/s1. The summed E-state index contributed by atoms with van der Waals surface area (Å²) in [5.74, 6) is -0.309. The van der Waals surface area contributed by atoms with Crippen LogP contribution in [-0.2, 0) is 18.4 Å². The van der Waals surface area contributed by atoms with E-state index in [0.717, 1.165) is 10.0 Å². The number of ether oxygens (including phenoxy) is 1. The molecule has 0 saturated carbocycles. The summed E-state index contributed by atoms with van der Waals surface area (Å²) in [5.41, 5.74) is 0. The first-order chi connectivity index (χ1) is 11.9. The van der Waals surface area contributed by atoms with Crippen molar-refractivity contribution < 1.29 is 18.4 Å². The van der Waals surface area contributed by atoms with E-state index in [1.807, 2.05) is 6.92 Å². The van der Waals surface area contributed by atoms with Gasteiger partial charge in [0, 0.05) is 16.3 Å². The normalized spacial score (nSPS) is 15.6. The van der Waals surface area contributed by atoms with Crippen LogP contribution < -0.4 is 0 Å². The van der Waals surface area contributed by atoms with E-state index >= 15 is 0 Å². The molecule has 0 aromatic heterocycles. The number of hydrogen-bond acceptors (Lipinski definition) is 4. The first-order valence-corrected chi connectivity index (χ1v) is 16.7. The van der Waals surface area contributed by atoms with Gasteiger partial charge in [-0.15, -0.1) is 0 Å². The Hall–Kier alpha value is 0.294. The van der Waals surface area contributed by atoms with E-state index in [4.69, 9.17) is 13.6 Å². The second-order valence-corrected chi connectivity index (χ2v) is 20.9. The van der Waals surface area contributed by atoms with Crippen LogP contribution in [0, 0.1) is 0 Å². The Kier molecular flexibility index (Phi) is 10.5. The zero-order chi connectivity index (χ0) is 21.7. The van der Waals surface area contributed by atoms with Crippen LogP contribution in [0.1, 0.15) is 54.9 Å². The zero-order valence-corrected chi connectivity index (χ0v) is 23.4. The van der Waals surface area contributed by atoms with E-state index in [1.165, 1.54) is 0 Å². The van der Waals surface area contributed by atoms with Crippen LogP contribution in [0.3, 0.4) is 0 Å². The highest BCUT2D eigenvalue weighted by Crippen LogP contribution is 2.40. The molecule has 0 bridgehead atoms. The van der Waals surface area contributed by atoms with Crippen molar-refractivity contribution in [3.8, 4) is 0 Å². The predicted octanol–water partition coefficient (Wildman–Crippen LogP) is 6.67. The molecule has 7 heteroatoms. The second-order valence-electron chi connectivity index (χ2n) is 10.0. The molecule has 0 aromatic rings. The fourth-order valence-corrected chi connectivity index (χ4v) is 5.12. The third-order valence-corrected chi connectivity index (χ3v) is 15.8. The van der Waals surface area contributed by atoms with E-state index < -0.39 is 16.6 Å². The van der Waals surface area contributed by atoms with E-state index in [9.17, 15) is 4.79 Å². The van der Waals surface area contributed by atoms with Gasteiger partial charge in [-0.2, -0.15) is 0 Å². The van der Waals surface area contributed by atoms with Gasteiger partial charge in [-0.1, -0.05) is 41.5 Å². The lowest BCUT2D eigenvalue weighted by Crippen LogP contribution is -2.45. The van der Waals surface area contributed by atoms with Crippen LogP contribution in [0.15, 0.2) is 9.66 Å². The minimum absolute atomic E-state index is 0.104. The van der Waals surface area contributed by atoms with Crippen LogP contribution in [0.5, 0.6) is 0 Å². The van der Waals surface area contributed by atoms with Gasteiger partial charge in [0.15, 0.2) is 16.6 Å². The molecule has 0 aliphatic heterocycles. The van der Waals surface area contributed by atoms with Crippen molar-refractivity contribution in [3.05, 3.63) is 9.66 Å². The lowest BCUT2D eigenvalue weighted by Gasteiger charge is -2.40. The topological polar surface area (TPSA) is 44.8 Å². The maximum absolute atomic E-state index is 11.9. The molecule has 0 N–H and O–H groups in total. The van der Waals surface area contributed by atoms with E-state index in [1.54, 1.807) is 6.08 Å². The van der Waals surface area contributed by atoms with Gasteiger partial charge in [-0.3, -0.25) is 0 Å². The Bertz CT molecular complexity index is 517. The zero-order valence-electron chi connectivity index (χ0n) is 19.3. The first-order valence-electron chi connectivity index (χ1n) is 9.80. The van der Waals surface area contributed by atoms with Gasteiger partial charge in [0.2, 0.25) is 0 Å². The van der Waals surface area contributed by atoms with Gasteiger partial charge in [0.25, 0.3) is 0 Å². The minimum Gasteiger partial charge on any atom is -0.463 e. The molecule has 0 amide bonds. The van der Waals surface area contributed by atoms with Gasteiger partial charge < -0.3 is 13.6 Å². The summed E-state index contributed by atoms with van der Waals surface area (Å²) in [7, 11) is -3.78. The molecule has 160 valence electrons. The SMILES string of the molecule is CCOC(=O)/C=C(\I)[C@@H](CCO[Si](C)(C)C(C)(C)C)O[Si](C)(C)C(C)(C)C. The molecule has 1 atom stereocenters. The van der Waals surface area contributed by atoms with Crippen LogP contribution >= 0.6 is 22.6 Å². The van der Waals surface area contributed by atoms with Gasteiger partial charge >= 0.3 is 5.97 Å². The fourth-order valence-electron chi connectivity index (χ4n) is 1.81. The smallest absolute Gasteiger partial charge is 0.331 e. The summed E-state index contributed by atoms with van der Waals surface area (Å²) in [6.45, 7) is 25.2. The van der Waals surface area contributed by atoms with Gasteiger partial charge in [-0.25, -0.2) is 4.79 Å². The number of carbonyl (C=O) groups excluding carboxylic acids is 1. The highest BCUT2D eigenvalue weighted by Gasteiger charge is 2.40. The molecular weight excluding hydrogens is 487 g/mol. The van der Waals surface area contributed by atoms with Crippen LogP contribution in [0.2, 0.25) is 36.3 Å². The molecule has 4 nitrogen and oxygen atoms in total. The molecule has 0 saturated heterocycles. The van der Waals surface area contributed by atoms with Crippen molar-refractivity contribution in [1.82, 2.24) is 0 Å². The van der Waals surface area contributed by atoms with Gasteiger partial charge in [0.1, 0.15) is 0 Å². The second kappa shape index (κ2) is 10.4. The third kappa shape index (κ3) is 9.10. The Morgan fingerprint density at radius 1 is 1.00 bits per heavy atom. The third-order valence-electron chi connectivity index (χ3n) is 5.74. The average Bonchev–Trinajstić information content (AvgIpc) is 2.43. The quantitative estimate of drug-likeness (QED) is 0.145. The summed E-state index contributed by atoms with van der Waals surface area (Å²) in [5, 5.41) is 0.281. The van der Waals surface area contributed by atoms with Crippen LogP contribution in [0.4, 0.5) is 0 Å². The first kappa shape index (κ1) is 27.3. The average molecular weight is 529 g/mol. The van der Waals surface area contributed by atoms with Gasteiger partial charge in [-0.05, 0) is 72.2 Å². The Morgan fingerprint density at radius 3 is 1.89 bits per heavy atom. The molecular formula is C20H41IO4Si2. The van der Waals surface area contributed by atoms with Crippen molar-refractivity contribution in [2.45, 2.75) is 97.3 Å². The molecule has 27 heavy (non-hydrogen) atoms. The Labute approximate surface area is 183 Å². The lowest BCUT2D eigenvalue weighted by molar-refractivity contribution is -0.137. The number of rotatable bonds is 9. The van der Waals surface area contributed by atoms with Gasteiger partial charge in [0.05, 0.1) is 12.7 Å². The number of carbonyl (C=O) groups is 1. The van der Waals surface area contributed by atoms with Crippen molar-refractivity contribution >= 4 is 45.2 Å². The number of halogens is 1. The van der Waals surface area contributed by atoms with E-state index in [0.29, 0.717) is 13.2 Å². The Morgan fingerprint density at radius 2 is 1.48 bits per heavy atom. The monoisotopic (exact) mass is 528 g/mol. The molecule has 0 radical (unpaired) electrons. The summed E-state index contributed by atoms with van der Waals surface area (Å²) >= 11 is 2.22. The summed E-state index contributed by atoms with van der Waals surface area (Å²) in [6.07, 6.45) is 2.17. The minimum atomic E-state index is -1.97. The van der Waals surface area contributed by atoms with Crippen LogP contribution in [-0.4, -0.2) is 41.9 Å². The van der Waals surface area contributed by atoms with Crippen molar-refractivity contribution in [2.24, 2.45) is 0 Å². The molecule has 0 aliphatic rings. The molecule has 0 aliphatic carbocycles. The Balaban J connectivity index is 5.34. The van der Waals surface area contributed by atoms with E-state index in [-0.39, 0.29) is 22.1 Å².